The molecule has 7 heteroatoms. The molecule has 1 amide bonds. The van der Waals surface area contributed by atoms with E-state index in [2.05, 4.69) is 47.6 Å². The van der Waals surface area contributed by atoms with Gasteiger partial charge in [-0.15, -0.1) is 10.2 Å². The number of aryl methyl sites for hydroxylation is 2. The van der Waals surface area contributed by atoms with E-state index in [9.17, 15) is 4.79 Å². The maximum absolute atomic E-state index is 12.3. The Labute approximate surface area is 174 Å². The third kappa shape index (κ3) is 5.48. The molecule has 0 bridgehead atoms. The summed E-state index contributed by atoms with van der Waals surface area (Å²) < 4.78 is 10.4. The summed E-state index contributed by atoms with van der Waals surface area (Å²) in [5, 5.41) is 12.1. The minimum Gasteiger partial charge on any atom is -0.497 e. The predicted molar refractivity (Wildman–Crippen MR) is 116 cm³/mol. The standard InChI is InChI=1S/C22H23N3O3S/c1-14-5-6-19(15(2)9-14)20-7-8-22(25-24-20)29-13-21(26)23-16-10-17(27-3)12-18(11-16)28-4/h5-12H,13H2,1-4H3,(H,23,26). The topological polar surface area (TPSA) is 73.3 Å². The fourth-order valence-electron chi connectivity index (χ4n) is 2.86. The summed E-state index contributed by atoms with van der Waals surface area (Å²) in [6, 6.07) is 15.3. The third-order valence-electron chi connectivity index (χ3n) is 4.28. The summed E-state index contributed by atoms with van der Waals surface area (Å²) in [6.45, 7) is 4.12. The zero-order valence-electron chi connectivity index (χ0n) is 16.9. The first-order valence-electron chi connectivity index (χ1n) is 9.05. The summed E-state index contributed by atoms with van der Waals surface area (Å²) in [5.74, 6) is 1.29. The SMILES string of the molecule is COc1cc(NC(=O)CSc2ccc(-c3ccc(C)cc3C)nn2)cc(OC)c1. The van der Waals surface area contributed by atoms with Crippen molar-refractivity contribution in [3.8, 4) is 22.8 Å². The number of aromatic nitrogens is 2. The van der Waals surface area contributed by atoms with E-state index in [4.69, 9.17) is 9.47 Å². The van der Waals surface area contributed by atoms with Crippen LogP contribution in [0.15, 0.2) is 53.6 Å². The highest BCUT2D eigenvalue weighted by molar-refractivity contribution is 7.99. The maximum Gasteiger partial charge on any atom is 0.234 e. The molecule has 3 rings (SSSR count). The summed E-state index contributed by atoms with van der Waals surface area (Å²) in [5.41, 5.74) is 4.87. The van der Waals surface area contributed by atoms with Crippen molar-refractivity contribution in [3.05, 3.63) is 59.7 Å². The van der Waals surface area contributed by atoms with E-state index in [0.717, 1.165) is 16.8 Å². The first-order valence-corrected chi connectivity index (χ1v) is 10.0. The summed E-state index contributed by atoms with van der Waals surface area (Å²) >= 11 is 1.33. The molecule has 0 atom stereocenters. The van der Waals surface area contributed by atoms with Crippen molar-refractivity contribution in [1.29, 1.82) is 0 Å². The minimum atomic E-state index is -0.148. The van der Waals surface area contributed by atoms with Crippen molar-refractivity contribution in [2.75, 3.05) is 25.3 Å². The highest BCUT2D eigenvalue weighted by atomic mass is 32.2. The molecule has 0 fully saturated rings. The van der Waals surface area contributed by atoms with Gasteiger partial charge in [-0.2, -0.15) is 0 Å². The lowest BCUT2D eigenvalue weighted by molar-refractivity contribution is -0.113. The number of benzene rings is 2. The van der Waals surface area contributed by atoms with Crippen LogP contribution in [0.1, 0.15) is 11.1 Å². The van der Waals surface area contributed by atoms with Crippen molar-refractivity contribution in [2.45, 2.75) is 18.9 Å². The number of rotatable bonds is 7. The fourth-order valence-corrected chi connectivity index (χ4v) is 3.47. The smallest absolute Gasteiger partial charge is 0.234 e. The number of carbonyl (C=O) groups is 1. The molecule has 1 heterocycles. The molecule has 1 N–H and O–H groups in total. The first kappa shape index (κ1) is 20.7. The second kappa shape index (κ2) is 9.43. The van der Waals surface area contributed by atoms with Gasteiger partial charge >= 0.3 is 0 Å². The quantitative estimate of drug-likeness (QED) is 0.579. The number of nitrogens with one attached hydrogen (secondary N) is 1. The molecule has 0 aliphatic rings. The van der Waals surface area contributed by atoms with E-state index >= 15 is 0 Å². The average molecular weight is 410 g/mol. The Morgan fingerprint density at radius 1 is 0.966 bits per heavy atom. The van der Waals surface area contributed by atoms with Crippen molar-refractivity contribution in [3.63, 3.8) is 0 Å². The lowest BCUT2D eigenvalue weighted by atomic mass is 10.0. The van der Waals surface area contributed by atoms with E-state index in [1.54, 1.807) is 32.4 Å². The number of nitrogens with zero attached hydrogens (tertiary/aromatic N) is 2. The normalized spacial score (nSPS) is 10.5. The number of thioether (sulfide) groups is 1. The van der Waals surface area contributed by atoms with Gasteiger partial charge in [-0.3, -0.25) is 4.79 Å². The second-order valence-electron chi connectivity index (χ2n) is 6.51. The van der Waals surface area contributed by atoms with Crippen LogP contribution in [-0.4, -0.2) is 36.1 Å². The van der Waals surface area contributed by atoms with Crippen LogP contribution in [-0.2, 0) is 4.79 Å². The van der Waals surface area contributed by atoms with Gasteiger partial charge in [0.2, 0.25) is 5.91 Å². The molecule has 0 saturated heterocycles. The van der Waals surface area contributed by atoms with Crippen LogP contribution in [0.5, 0.6) is 11.5 Å². The Morgan fingerprint density at radius 2 is 1.69 bits per heavy atom. The van der Waals surface area contributed by atoms with E-state index in [1.165, 1.54) is 17.3 Å². The van der Waals surface area contributed by atoms with Gasteiger partial charge in [0.15, 0.2) is 0 Å². The molecule has 1 aromatic heterocycles. The van der Waals surface area contributed by atoms with Crippen LogP contribution in [0.25, 0.3) is 11.3 Å². The number of ether oxygens (including phenoxy) is 2. The molecule has 29 heavy (non-hydrogen) atoms. The molecule has 0 spiro atoms. The lowest BCUT2D eigenvalue weighted by Gasteiger charge is -2.10. The summed E-state index contributed by atoms with van der Waals surface area (Å²) in [4.78, 5) is 12.3. The van der Waals surface area contributed by atoms with Crippen LogP contribution in [0.2, 0.25) is 0 Å². The lowest BCUT2D eigenvalue weighted by Crippen LogP contribution is -2.14. The maximum atomic E-state index is 12.3. The van der Waals surface area contributed by atoms with Gasteiger partial charge in [0.25, 0.3) is 0 Å². The third-order valence-corrected chi connectivity index (χ3v) is 5.20. The number of anilines is 1. The molecular weight excluding hydrogens is 386 g/mol. The van der Waals surface area contributed by atoms with Gasteiger partial charge in [0, 0.05) is 29.4 Å². The van der Waals surface area contributed by atoms with Crippen molar-refractivity contribution in [1.82, 2.24) is 10.2 Å². The molecular formula is C22H23N3O3S. The zero-order valence-corrected chi connectivity index (χ0v) is 17.7. The van der Waals surface area contributed by atoms with Crippen molar-refractivity contribution < 1.29 is 14.3 Å². The van der Waals surface area contributed by atoms with E-state index in [0.29, 0.717) is 22.2 Å². The van der Waals surface area contributed by atoms with Crippen LogP contribution in [0.4, 0.5) is 5.69 Å². The highest BCUT2D eigenvalue weighted by Crippen LogP contribution is 2.27. The van der Waals surface area contributed by atoms with Gasteiger partial charge in [0.05, 0.1) is 25.7 Å². The molecule has 0 saturated carbocycles. The largest absolute Gasteiger partial charge is 0.497 e. The predicted octanol–water partition coefficient (Wildman–Crippen LogP) is 4.51. The zero-order chi connectivity index (χ0) is 20.8. The van der Waals surface area contributed by atoms with Crippen LogP contribution >= 0.6 is 11.8 Å². The Morgan fingerprint density at radius 3 is 2.28 bits per heavy atom. The van der Waals surface area contributed by atoms with Gasteiger partial charge < -0.3 is 14.8 Å². The fraction of sp³-hybridized carbons (Fsp3) is 0.227. The molecule has 0 radical (unpaired) electrons. The minimum absolute atomic E-state index is 0.148. The monoisotopic (exact) mass is 409 g/mol. The molecule has 2 aromatic carbocycles. The number of amides is 1. The number of carbonyl (C=O) groups excluding carboxylic acids is 1. The van der Waals surface area contributed by atoms with Gasteiger partial charge in [-0.25, -0.2) is 0 Å². The van der Waals surface area contributed by atoms with Gasteiger partial charge in [-0.1, -0.05) is 35.5 Å². The highest BCUT2D eigenvalue weighted by Gasteiger charge is 2.09. The summed E-state index contributed by atoms with van der Waals surface area (Å²) in [6.07, 6.45) is 0. The number of methoxy groups -OCH3 is 2. The molecule has 0 aliphatic heterocycles. The Bertz CT molecular complexity index is 984. The van der Waals surface area contributed by atoms with E-state index in [-0.39, 0.29) is 11.7 Å². The van der Waals surface area contributed by atoms with Crippen LogP contribution in [0.3, 0.4) is 0 Å². The average Bonchev–Trinajstić information content (AvgIpc) is 2.72. The Balaban J connectivity index is 1.61. The van der Waals surface area contributed by atoms with Gasteiger partial charge in [-0.05, 0) is 31.5 Å². The molecule has 6 nitrogen and oxygen atoms in total. The Kier molecular flexibility index (Phi) is 6.72. The van der Waals surface area contributed by atoms with Crippen molar-refractivity contribution >= 4 is 23.4 Å². The van der Waals surface area contributed by atoms with E-state index in [1.807, 2.05) is 12.1 Å². The Hall–Kier alpha value is -3.06. The van der Waals surface area contributed by atoms with Crippen molar-refractivity contribution in [2.24, 2.45) is 0 Å². The number of hydrogen-bond donors (Lipinski definition) is 1. The first-order chi connectivity index (χ1) is 14.0. The van der Waals surface area contributed by atoms with Gasteiger partial charge in [0.1, 0.15) is 16.5 Å². The molecule has 0 unspecified atom stereocenters. The van der Waals surface area contributed by atoms with Crippen LogP contribution in [0, 0.1) is 13.8 Å². The molecule has 0 aliphatic carbocycles. The second-order valence-corrected chi connectivity index (χ2v) is 7.51. The number of hydrogen-bond acceptors (Lipinski definition) is 6. The summed E-state index contributed by atoms with van der Waals surface area (Å²) in [7, 11) is 3.13. The molecule has 3 aromatic rings. The van der Waals surface area contributed by atoms with E-state index < -0.39 is 0 Å². The molecule has 150 valence electrons. The van der Waals surface area contributed by atoms with Crippen LogP contribution < -0.4 is 14.8 Å².